The first-order chi connectivity index (χ1) is 15.1. The number of rotatable bonds is 5. The second-order valence-electron chi connectivity index (χ2n) is 7.46. The lowest BCUT2D eigenvalue weighted by Crippen LogP contribution is -2.34. The molecule has 3 heterocycles. The van der Waals surface area contributed by atoms with Crippen LogP contribution in [0.4, 0.5) is 5.13 Å². The molecule has 5 aromatic rings. The van der Waals surface area contributed by atoms with Crippen molar-refractivity contribution in [2.24, 2.45) is 0 Å². The number of aryl methyl sites for hydroxylation is 2. The predicted octanol–water partition coefficient (Wildman–Crippen LogP) is 4.29. The van der Waals surface area contributed by atoms with Crippen LogP contribution >= 0.6 is 11.3 Å². The molecule has 0 spiro atoms. The number of fused-ring (bicyclic) bond motifs is 2. The van der Waals surface area contributed by atoms with E-state index in [9.17, 15) is 4.79 Å². The van der Waals surface area contributed by atoms with Crippen molar-refractivity contribution in [3.63, 3.8) is 0 Å². The average molecular weight is 429 g/mol. The molecule has 3 aromatic heterocycles. The summed E-state index contributed by atoms with van der Waals surface area (Å²) in [6, 6.07) is 17.5. The molecule has 0 aliphatic carbocycles. The molecule has 0 fully saturated rings. The van der Waals surface area contributed by atoms with E-state index in [1.54, 1.807) is 15.8 Å². The van der Waals surface area contributed by atoms with Gasteiger partial charge in [0.05, 0.1) is 28.0 Å². The van der Waals surface area contributed by atoms with E-state index in [1.165, 1.54) is 11.3 Å². The van der Waals surface area contributed by atoms with Crippen molar-refractivity contribution in [2.75, 3.05) is 4.90 Å². The molecule has 0 saturated carbocycles. The van der Waals surface area contributed by atoms with Crippen molar-refractivity contribution in [3.8, 4) is 0 Å². The van der Waals surface area contributed by atoms with Crippen LogP contribution in [-0.4, -0.2) is 30.9 Å². The highest BCUT2D eigenvalue weighted by molar-refractivity contribution is 7.22. The van der Waals surface area contributed by atoms with Crippen molar-refractivity contribution < 1.29 is 4.79 Å². The van der Waals surface area contributed by atoms with E-state index < -0.39 is 0 Å². The standard InChI is InChI=1S/C23H20N6OS/c1-15-11-16(2)22-19(12-15)25-23(31-22)28(13-17-7-5-6-10-24-17)21(30)14-29-20-9-4-3-8-18(20)26-27-29/h3-12H,13-14H2,1-2H3. The Hall–Kier alpha value is -3.65. The second kappa shape index (κ2) is 7.88. The maximum atomic E-state index is 13.5. The fraction of sp³-hybridized carbons (Fsp3) is 0.174. The van der Waals surface area contributed by atoms with Gasteiger partial charge >= 0.3 is 0 Å². The molecule has 0 saturated heterocycles. The maximum Gasteiger partial charge on any atom is 0.250 e. The molecule has 1 amide bonds. The number of aromatic nitrogens is 5. The minimum Gasteiger partial charge on any atom is -0.280 e. The van der Waals surface area contributed by atoms with Crippen LogP contribution in [0.15, 0.2) is 60.8 Å². The highest BCUT2D eigenvalue weighted by Crippen LogP contribution is 2.33. The van der Waals surface area contributed by atoms with Gasteiger partial charge in [0.1, 0.15) is 12.1 Å². The molecule has 2 aromatic carbocycles. The maximum absolute atomic E-state index is 13.5. The summed E-state index contributed by atoms with van der Waals surface area (Å²) in [7, 11) is 0. The molecule has 0 atom stereocenters. The lowest BCUT2D eigenvalue weighted by Gasteiger charge is -2.19. The van der Waals surface area contributed by atoms with Crippen LogP contribution in [0, 0.1) is 13.8 Å². The number of amides is 1. The Kier molecular flexibility index (Phi) is 4.91. The third-order valence-electron chi connectivity index (χ3n) is 5.09. The number of hydrogen-bond donors (Lipinski definition) is 0. The summed E-state index contributed by atoms with van der Waals surface area (Å²) in [6.07, 6.45) is 1.73. The van der Waals surface area contributed by atoms with E-state index in [2.05, 4.69) is 41.3 Å². The quantitative estimate of drug-likeness (QED) is 0.417. The number of anilines is 1. The summed E-state index contributed by atoms with van der Waals surface area (Å²) < 4.78 is 2.72. The molecule has 0 aliphatic rings. The van der Waals surface area contributed by atoms with E-state index in [4.69, 9.17) is 4.98 Å². The SMILES string of the molecule is Cc1cc(C)c2sc(N(Cc3ccccn3)C(=O)Cn3nnc4ccccc43)nc2c1. The number of carbonyl (C=O) groups is 1. The number of nitrogens with zero attached hydrogens (tertiary/aromatic N) is 6. The topological polar surface area (TPSA) is 76.8 Å². The number of benzene rings is 2. The summed E-state index contributed by atoms with van der Waals surface area (Å²) in [4.78, 5) is 24.4. The fourth-order valence-electron chi connectivity index (χ4n) is 3.64. The summed E-state index contributed by atoms with van der Waals surface area (Å²) in [5, 5.41) is 8.99. The number of thiazole rings is 1. The van der Waals surface area contributed by atoms with Gasteiger partial charge in [-0.05, 0) is 55.3 Å². The second-order valence-corrected chi connectivity index (χ2v) is 8.44. The summed E-state index contributed by atoms with van der Waals surface area (Å²) in [5.74, 6) is -0.116. The number of hydrogen-bond acceptors (Lipinski definition) is 6. The van der Waals surface area contributed by atoms with Crippen LogP contribution < -0.4 is 4.90 Å². The number of pyridine rings is 1. The Morgan fingerprint density at radius 3 is 2.74 bits per heavy atom. The van der Waals surface area contributed by atoms with Gasteiger partial charge in [0, 0.05) is 6.20 Å². The molecule has 0 bridgehead atoms. The normalized spacial score (nSPS) is 11.3. The Balaban J connectivity index is 1.54. The minimum atomic E-state index is -0.116. The first kappa shape index (κ1) is 19.3. The van der Waals surface area contributed by atoms with Crippen molar-refractivity contribution in [3.05, 3.63) is 77.6 Å². The van der Waals surface area contributed by atoms with E-state index in [0.29, 0.717) is 11.7 Å². The van der Waals surface area contributed by atoms with Crippen LogP contribution in [0.2, 0.25) is 0 Å². The summed E-state index contributed by atoms with van der Waals surface area (Å²) in [5.41, 5.74) is 5.60. The average Bonchev–Trinajstić information content (AvgIpc) is 3.37. The molecule has 0 radical (unpaired) electrons. The van der Waals surface area contributed by atoms with Crippen LogP contribution in [0.3, 0.4) is 0 Å². The molecular formula is C23H20N6OS. The van der Waals surface area contributed by atoms with E-state index in [-0.39, 0.29) is 12.5 Å². The van der Waals surface area contributed by atoms with Crippen molar-refractivity contribution in [1.29, 1.82) is 0 Å². The van der Waals surface area contributed by atoms with Gasteiger partial charge in [-0.15, -0.1) is 5.10 Å². The number of carbonyl (C=O) groups excluding carboxylic acids is 1. The first-order valence-electron chi connectivity index (χ1n) is 9.95. The molecule has 0 N–H and O–H groups in total. The molecule has 7 nitrogen and oxygen atoms in total. The molecule has 31 heavy (non-hydrogen) atoms. The fourth-order valence-corrected chi connectivity index (χ4v) is 4.68. The zero-order valence-corrected chi connectivity index (χ0v) is 18.0. The third kappa shape index (κ3) is 3.77. The summed E-state index contributed by atoms with van der Waals surface area (Å²) in [6.45, 7) is 4.54. The Morgan fingerprint density at radius 2 is 1.90 bits per heavy atom. The van der Waals surface area contributed by atoms with E-state index in [0.717, 1.165) is 38.1 Å². The van der Waals surface area contributed by atoms with Gasteiger partial charge in [0.15, 0.2) is 5.13 Å². The monoisotopic (exact) mass is 428 g/mol. The smallest absolute Gasteiger partial charge is 0.250 e. The molecule has 8 heteroatoms. The van der Waals surface area contributed by atoms with Gasteiger partial charge < -0.3 is 0 Å². The Morgan fingerprint density at radius 1 is 1.06 bits per heavy atom. The van der Waals surface area contributed by atoms with Gasteiger partial charge in [-0.3, -0.25) is 14.7 Å². The van der Waals surface area contributed by atoms with Crippen molar-refractivity contribution >= 4 is 43.6 Å². The van der Waals surface area contributed by atoms with Gasteiger partial charge in [-0.1, -0.05) is 40.8 Å². The zero-order valence-electron chi connectivity index (χ0n) is 17.2. The Bertz CT molecular complexity index is 1390. The third-order valence-corrected chi connectivity index (χ3v) is 6.32. The molecule has 0 unspecified atom stereocenters. The van der Waals surface area contributed by atoms with Crippen LogP contribution in [-0.2, 0) is 17.9 Å². The molecule has 154 valence electrons. The van der Waals surface area contributed by atoms with Crippen LogP contribution in [0.25, 0.3) is 21.3 Å². The highest BCUT2D eigenvalue weighted by atomic mass is 32.1. The predicted molar refractivity (Wildman–Crippen MR) is 122 cm³/mol. The lowest BCUT2D eigenvalue weighted by molar-refractivity contribution is -0.119. The van der Waals surface area contributed by atoms with Crippen molar-refractivity contribution in [2.45, 2.75) is 26.9 Å². The highest BCUT2D eigenvalue weighted by Gasteiger charge is 2.23. The van der Waals surface area contributed by atoms with Gasteiger partial charge in [-0.25, -0.2) is 9.67 Å². The molecule has 5 rings (SSSR count). The van der Waals surface area contributed by atoms with Gasteiger partial charge in [0.2, 0.25) is 0 Å². The lowest BCUT2D eigenvalue weighted by atomic mass is 10.1. The van der Waals surface area contributed by atoms with E-state index >= 15 is 0 Å². The van der Waals surface area contributed by atoms with Crippen LogP contribution in [0.1, 0.15) is 16.8 Å². The minimum absolute atomic E-state index is 0.0707. The van der Waals surface area contributed by atoms with Crippen LogP contribution in [0.5, 0.6) is 0 Å². The van der Waals surface area contributed by atoms with Crippen molar-refractivity contribution in [1.82, 2.24) is 25.0 Å². The van der Waals surface area contributed by atoms with Gasteiger partial charge in [0.25, 0.3) is 5.91 Å². The summed E-state index contributed by atoms with van der Waals surface area (Å²) >= 11 is 1.53. The molecular weight excluding hydrogens is 408 g/mol. The zero-order chi connectivity index (χ0) is 21.4. The van der Waals surface area contributed by atoms with Gasteiger partial charge in [-0.2, -0.15) is 0 Å². The molecule has 0 aliphatic heterocycles. The largest absolute Gasteiger partial charge is 0.280 e. The first-order valence-corrected chi connectivity index (χ1v) is 10.8. The Labute approximate surface area is 183 Å². The van der Waals surface area contributed by atoms with E-state index in [1.807, 2.05) is 42.5 Å². The number of para-hydroxylation sites is 1.